The molecule has 3 aromatic rings. The van der Waals surface area contributed by atoms with Gasteiger partial charge in [-0.05, 0) is 17.5 Å². The third-order valence-electron chi connectivity index (χ3n) is 3.41. The molecule has 0 bridgehead atoms. The van der Waals surface area contributed by atoms with Crippen LogP contribution in [0, 0.1) is 6.07 Å². The van der Waals surface area contributed by atoms with E-state index in [4.69, 9.17) is 21.9 Å². The number of hydrogen-bond acceptors (Lipinski definition) is 11. The Balaban J connectivity index is -0.00000111. The van der Waals surface area contributed by atoms with Crippen molar-refractivity contribution in [3.63, 3.8) is 0 Å². The third-order valence-corrected chi connectivity index (χ3v) is 3.80. The molecule has 0 spiro atoms. The molecule has 1 N–H and O–H groups in total. The predicted molar refractivity (Wildman–Crippen MR) is 121 cm³/mol. The smallest absolute Gasteiger partial charge is 0.726 e. The normalized spacial score (nSPS) is 10.5. The fourth-order valence-electron chi connectivity index (χ4n) is 2.34. The van der Waals surface area contributed by atoms with Crippen LogP contribution in [0.4, 0.5) is 5.69 Å². The van der Waals surface area contributed by atoms with E-state index in [0.717, 1.165) is 0 Å². The Labute approximate surface area is 253 Å². The summed E-state index contributed by atoms with van der Waals surface area (Å²) in [6, 6.07) is 11.4. The Morgan fingerprint density at radius 2 is 1.64 bits per heavy atom. The van der Waals surface area contributed by atoms with Crippen molar-refractivity contribution in [1.29, 1.82) is 0 Å². The first kappa shape index (κ1) is 39.1. The molecule has 0 aliphatic carbocycles. The molecule has 1 heterocycles. The summed E-state index contributed by atoms with van der Waals surface area (Å²) in [6.07, 6.45) is 1.27. The van der Waals surface area contributed by atoms with E-state index in [0.29, 0.717) is 16.5 Å². The molecule has 0 fully saturated rings. The van der Waals surface area contributed by atoms with Gasteiger partial charge in [0.2, 0.25) is 10.4 Å². The minimum Gasteiger partial charge on any atom is -0.726 e. The average Bonchev–Trinajstić information content (AvgIpc) is 2.65. The summed E-state index contributed by atoms with van der Waals surface area (Å²) >= 11 is 0. The molecule has 0 unspecified atom stereocenters. The van der Waals surface area contributed by atoms with Gasteiger partial charge in [0, 0.05) is 31.3 Å². The van der Waals surface area contributed by atoms with E-state index in [2.05, 4.69) is 20.6 Å². The van der Waals surface area contributed by atoms with Crippen LogP contribution in [0.3, 0.4) is 0 Å². The molecule has 17 heteroatoms. The van der Waals surface area contributed by atoms with Gasteiger partial charge in [0.15, 0.2) is 5.43 Å². The second-order valence-electron chi connectivity index (χ2n) is 6.04. The average molecular weight is 563 g/mol. The van der Waals surface area contributed by atoms with E-state index in [9.17, 15) is 17.8 Å². The summed E-state index contributed by atoms with van der Waals surface area (Å²) in [7, 11) is -6.61. The van der Waals surface area contributed by atoms with Gasteiger partial charge in [-0.15, -0.1) is 11.2 Å². The maximum atomic E-state index is 12.8. The van der Waals surface area contributed by atoms with Crippen LogP contribution in [-0.2, 0) is 20.8 Å². The van der Waals surface area contributed by atoms with Crippen molar-refractivity contribution in [2.75, 3.05) is 14.1 Å². The van der Waals surface area contributed by atoms with Crippen molar-refractivity contribution >= 4 is 37.5 Å². The Bertz CT molecular complexity index is 1420. The van der Waals surface area contributed by atoms with Crippen LogP contribution in [0.2, 0.25) is 0 Å². The fourth-order valence-corrected chi connectivity index (χ4v) is 2.68. The van der Waals surface area contributed by atoms with E-state index in [1.807, 2.05) is 0 Å². The molecular weight excluding hydrogens is 540 g/mol. The van der Waals surface area contributed by atoms with Gasteiger partial charge >= 0.3 is 59.1 Å². The quantitative estimate of drug-likeness (QED) is 0.0826. The minimum absolute atomic E-state index is 0. The van der Waals surface area contributed by atoms with Gasteiger partial charge in [-0.2, -0.15) is 18.2 Å². The number of hydrogen-bond donors (Lipinski definition) is 1. The van der Waals surface area contributed by atoms with E-state index in [1.54, 1.807) is 32.3 Å². The zero-order valence-electron chi connectivity index (χ0n) is 18.3. The van der Waals surface area contributed by atoms with Crippen molar-refractivity contribution in [1.82, 2.24) is 5.01 Å². The first-order valence-electron chi connectivity index (χ1n) is 8.23. The van der Waals surface area contributed by atoms with Crippen LogP contribution >= 0.6 is 0 Å². The molecule has 0 atom stereocenters. The molecule has 0 saturated heterocycles. The molecule has 0 aliphatic heterocycles. The largest absolute Gasteiger partial charge is 1.00 e. The van der Waals surface area contributed by atoms with Crippen LogP contribution in [-0.4, -0.2) is 49.6 Å². The van der Waals surface area contributed by atoms with Gasteiger partial charge in [0.25, 0.3) is 10.4 Å². The number of fused-ring (bicyclic) bond motifs is 1. The van der Waals surface area contributed by atoms with Crippen molar-refractivity contribution in [2.45, 2.75) is 14.9 Å². The second kappa shape index (κ2) is 16.5. The van der Waals surface area contributed by atoms with Crippen molar-refractivity contribution < 1.29 is 98.2 Å². The molecule has 1 aromatic heterocycles. The van der Waals surface area contributed by atoms with Gasteiger partial charge in [-0.25, -0.2) is 16.8 Å². The molecule has 0 amide bonds. The molecule has 188 valence electrons. The van der Waals surface area contributed by atoms with Gasteiger partial charge in [-0.3, -0.25) is 14.4 Å². The minimum atomic E-state index is -4.96. The molecular formula is C19H22N3Na2O10S2-. The summed E-state index contributed by atoms with van der Waals surface area (Å²) in [6.45, 7) is 0. The van der Waals surface area contributed by atoms with E-state index in [-0.39, 0.29) is 96.4 Å². The molecule has 3 rings (SSSR count). The third kappa shape index (κ3) is 13.3. The first-order chi connectivity index (χ1) is 14.7. The molecule has 0 saturated carbocycles. The number of nitrogens with zero attached hydrogens (tertiary/aromatic N) is 3. The Kier molecular flexibility index (Phi) is 17.9. The summed E-state index contributed by atoms with van der Waals surface area (Å²) in [4.78, 5) is 12.8. The second-order valence-corrected chi connectivity index (χ2v) is 7.87. The summed E-state index contributed by atoms with van der Waals surface area (Å²) in [5.74, 6) is -0.249. The fraction of sp³-hybridized carbons (Fsp3) is 0.211. The monoisotopic (exact) mass is 562 g/mol. The van der Waals surface area contributed by atoms with Crippen LogP contribution < -0.4 is 68.7 Å². The molecule has 13 nitrogen and oxygen atoms in total. The van der Waals surface area contributed by atoms with Crippen LogP contribution in [0.25, 0.3) is 22.1 Å². The molecule has 2 aromatic carbocycles. The van der Waals surface area contributed by atoms with Gasteiger partial charge in [-0.1, -0.05) is 20.1 Å². The standard InChI is InChI=1S/C17H14N3O6S.2CH4.2Na.H2O4S/c1-20(2)19-18-15-9-11(26-27(22,23)24)7-8-12(15)14-10-25-16-6-4-3-5-13(16)17(14)21;;;;;1-5(2,3)4/h3,5-10H,1-2H3,(H,22,23,24);2*1H4;;;(H2,1,2,3,4)/q-1;;;2*+1;/p-2. The van der Waals surface area contributed by atoms with E-state index >= 15 is 0 Å². The Morgan fingerprint density at radius 1 is 1.06 bits per heavy atom. The Morgan fingerprint density at radius 3 is 2.17 bits per heavy atom. The molecule has 0 radical (unpaired) electrons. The van der Waals surface area contributed by atoms with E-state index < -0.39 is 20.8 Å². The Hall–Kier alpha value is -1.37. The summed E-state index contributed by atoms with van der Waals surface area (Å²) in [5.41, 5.74) is 0.716. The van der Waals surface area contributed by atoms with Crippen LogP contribution in [0.1, 0.15) is 14.9 Å². The zero-order chi connectivity index (χ0) is 24.1. The first-order valence-corrected chi connectivity index (χ1v) is 10.9. The molecule has 36 heavy (non-hydrogen) atoms. The van der Waals surface area contributed by atoms with Gasteiger partial charge in [0.05, 0.1) is 17.5 Å². The van der Waals surface area contributed by atoms with Gasteiger partial charge < -0.3 is 17.7 Å². The van der Waals surface area contributed by atoms with Crippen molar-refractivity contribution in [3.05, 3.63) is 59.0 Å². The predicted octanol–water partition coefficient (Wildman–Crippen LogP) is -3.06. The molecule has 0 aliphatic rings. The SMILES string of the molecule is C.C.CN(C)N=Nc1cc(OS(=O)(=O)[O-])ccc1-c1coc2c[c-]ccc2c1=O.O=S(=O)([O-])O.[Na+].[Na+]. The van der Waals surface area contributed by atoms with E-state index in [1.165, 1.54) is 29.5 Å². The number of rotatable bonds is 5. The number of benzene rings is 2. The maximum Gasteiger partial charge on any atom is 1.00 e. The van der Waals surface area contributed by atoms with Crippen molar-refractivity contribution in [2.24, 2.45) is 10.3 Å². The zero-order valence-corrected chi connectivity index (χ0v) is 24.0. The topological polar surface area (TPSA) is 202 Å². The maximum absolute atomic E-state index is 12.8. The van der Waals surface area contributed by atoms with Gasteiger partial charge in [0.1, 0.15) is 5.75 Å². The summed E-state index contributed by atoms with van der Waals surface area (Å²) in [5, 5.41) is 9.58. The van der Waals surface area contributed by atoms with Crippen LogP contribution in [0.5, 0.6) is 5.75 Å². The van der Waals surface area contributed by atoms with Crippen molar-refractivity contribution in [3.8, 4) is 16.9 Å². The summed E-state index contributed by atoms with van der Waals surface area (Å²) < 4.78 is 75.1. The van der Waals surface area contributed by atoms with Crippen LogP contribution in [0.15, 0.2) is 62.2 Å².